The smallest absolute Gasteiger partial charge is 0.271 e. The molecule has 3 aromatic rings. The lowest BCUT2D eigenvalue weighted by molar-refractivity contribution is 0.413. The van der Waals surface area contributed by atoms with Gasteiger partial charge in [0.05, 0.1) is 18.0 Å². The fourth-order valence-electron chi connectivity index (χ4n) is 4.66. The van der Waals surface area contributed by atoms with Crippen LogP contribution < -0.4 is 25.9 Å². The molecule has 10 heteroatoms. The highest BCUT2D eigenvalue weighted by atomic mass is 32.1. The number of methoxy groups -OCH3 is 1. The van der Waals surface area contributed by atoms with Gasteiger partial charge in [-0.25, -0.2) is 8.78 Å². The Kier molecular flexibility index (Phi) is 5.21. The van der Waals surface area contributed by atoms with Gasteiger partial charge in [-0.2, -0.15) is 0 Å². The van der Waals surface area contributed by atoms with Crippen LogP contribution in [0.4, 0.5) is 14.5 Å². The molecular weight excluding hydrogens is 426 g/mol. The van der Waals surface area contributed by atoms with Gasteiger partial charge >= 0.3 is 0 Å². The number of halogens is 2. The van der Waals surface area contributed by atoms with Gasteiger partial charge in [0.2, 0.25) is 5.43 Å². The average molecular weight is 451 g/mol. The van der Waals surface area contributed by atoms with E-state index in [2.05, 4.69) is 9.69 Å². The first-order valence-electron chi connectivity index (χ1n) is 10.5. The minimum atomic E-state index is -0.535. The first-order valence-corrected chi connectivity index (χ1v) is 11.3. The van der Waals surface area contributed by atoms with E-state index in [0.29, 0.717) is 48.0 Å². The molecule has 5 rings (SSSR count). The van der Waals surface area contributed by atoms with E-state index in [0.717, 1.165) is 30.8 Å². The predicted octanol–water partition coefficient (Wildman–Crippen LogP) is 2.77. The number of H-pyrrole nitrogens is 1. The molecular formula is C21H24F2N4O3S. The Labute approximate surface area is 180 Å². The molecule has 3 heterocycles. The first-order chi connectivity index (χ1) is 15.0. The third-order valence-electron chi connectivity index (χ3n) is 6.22. The molecule has 0 amide bonds. The Balaban J connectivity index is 1.68. The van der Waals surface area contributed by atoms with Crippen molar-refractivity contribution in [1.29, 1.82) is 0 Å². The third kappa shape index (κ3) is 3.32. The third-order valence-corrected chi connectivity index (χ3v) is 7.10. The van der Waals surface area contributed by atoms with Crippen molar-refractivity contribution < 1.29 is 13.5 Å². The van der Waals surface area contributed by atoms with E-state index in [9.17, 15) is 14.0 Å². The molecule has 1 aliphatic carbocycles. The molecule has 1 aromatic carbocycles. The van der Waals surface area contributed by atoms with Gasteiger partial charge in [0.1, 0.15) is 22.6 Å². The zero-order valence-electron chi connectivity index (χ0n) is 17.2. The number of pyridine rings is 1. The van der Waals surface area contributed by atoms with Crippen LogP contribution in [0, 0.1) is 11.7 Å². The average Bonchev–Trinajstić information content (AvgIpc) is 3.36. The minimum absolute atomic E-state index is 0.0822. The molecule has 1 atom stereocenters. The second kappa shape index (κ2) is 7.90. The number of nitrogens with zero attached hydrogens (tertiary/aromatic N) is 2. The predicted molar refractivity (Wildman–Crippen MR) is 118 cm³/mol. The fraction of sp³-hybridized carbons (Fsp3) is 0.524. The number of benzene rings is 1. The lowest BCUT2D eigenvalue weighted by atomic mass is 10.1. The number of hydrogen-bond acceptors (Lipinski definition) is 6. The van der Waals surface area contributed by atoms with Gasteiger partial charge in [0.25, 0.3) is 5.56 Å². The van der Waals surface area contributed by atoms with Crippen molar-refractivity contribution in [2.24, 2.45) is 5.92 Å². The monoisotopic (exact) mass is 450 g/mol. The van der Waals surface area contributed by atoms with Crippen molar-refractivity contribution in [2.75, 3.05) is 44.9 Å². The van der Waals surface area contributed by atoms with Gasteiger partial charge in [-0.1, -0.05) is 0 Å². The second-order valence-corrected chi connectivity index (χ2v) is 9.07. The number of fused-ring (bicyclic) bond motifs is 2. The van der Waals surface area contributed by atoms with Crippen molar-refractivity contribution in [3.8, 4) is 5.75 Å². The maximum absolute atomic E-state index is 15.4. The maximum atomic E-state index is 15.4. The zero-order valence-corrected chi connectivity index (χ0v) is 18.0. The molecule has 2 N–H and O–H groups in total. The van der Waals surface area contributed by atoms with Crippen LogP contribution in [0.5, 0.6) is 5.75 Å². The van der Waals surface area contributed by atoms with Gasteiger partial charge in [-0.3, -0.25) is 14.0 Å². The van der Waals surface area contributed by atoms with Crippen molar-refractivity contribution >= 4 is 38.3 Å². The van der Waals surface area contributed by atoms with E-state index in [1.165, 1.54) is 13.2 Å². The van der Waals surface area contributed by atoms with E-state index in [4.69, 9.17) is 4.74 Å². The van der Waals surface area contributed by atoms with Gasteiger partial charge < -0.3 is 19.5 Å². The van der Waals surface area contributed by atoms with Crippen LogP contribution in [-0.4, -0.2) is 48.9 Å². The van der Waals surface area contributed by atoms with Gasteiger partial charge in [0.15, 0.2) is 11.6 Å². The van der Waals surface area contributed by atoms with E-state index in [-0.39, 0.29) is 22.7 Å². The SMILES string of the molecule is COc1c(N2CC[C@@H](CNCCF)C2)c(F)cc2c(=O)c3c(=O)[nH]sc3n(C3CC3)c12. The quantitative estimate of drug-likeness (QED) is 0.541. The molecule has 166 valence electrons. The van der Waals surface area contributed by atoms with E-state index in [1.807, 2.05) is 9.47 Å². The van der Waals surface area contributed by atoms with Crippen LogP contribution >= 0.6 is 11.5 Å². The van der Waals surface area contributed by atoms with E-state index < -0.39 is 23.5 Å². The number of ether oxygens (including phenoxy) is 1. The topological polar surface area (TPSA) is 79.4 Å². The van der Waals surface area contributed by atoms with Gasteiger partial charge in [-0.05, 0) is 49.3 Å². The van der Waals surface area contributed by atoms with Crippen LogP contribution in [-0.2, 0) is 0 Å². The summed E-state index contributed by atoms with van der Waals surface area (Å²) in [5, 5.41) is 3.33. The standard InChI is InChI=1S/C21H24F2N4O3S/c1-30-19-16-13(18(28)15-20(29)25-31-21(15)27(16)12-2-3-12)8-14(23)17(19)26-7-4-11(10-26)9-24-6-5-22/h8,11-12,24H,2-7,9-10H2,1H3,(H,25,29)/t11-/m0/s1. The summed E-state index contributed by atoms with van der Waals surface area (Å²) in [6, 6.07) is 1.40. The number of anilines is 1. The fourth-order valence-corrected chi connectivity index (χ4v) is 5.58. The molecule has 1 aliphatic heterocycles. The highest BCUT2D eigenvalue weighted by Gasteiger charge is 2.34. The van der Waals surface area contributed by atoms with Crippen LogP contribution in [0.2, 0.25) is 0 Å². The van der Waals surface area contributed by atoms with Crippen LogP contribution in [0.25, 0.3) is 21.1 Å². The Morgan fingerprint density at radius 1 is 1.32 bits per heavy atom. The molecule has 7 nitrogen and oxygen atoms in total. The molecule has 31 heavy (non-hydrogen) atoms. The van der Waals surface area contributed by atoms with Crippen LogP contribution in [0.15, 0.2) is 15.7 Å². The van der Waals surface area contributed by atoms with Crippen molar-refractivity contribution in [1.82, 2.24) is 14.3 Å². The Morgan fingerprint density at radius 2 is 2.13 bits per heavy atom. The van der Waals surface area contributed by atoms with E-state index >= 15 is 4.39 Å². The molecule has 1 saturated heterocycles. The van der Waals surface area contributed by atoms with Crippen molar-refractivity contribution in [3.05, 3.63) is 32.5 Å². The van der Waals surface area contributed by atoms with Gasteiger partial charge in [-0.15, -0.1) is 0 Å². The number of aromatic nitrogens is 2. The number of rotatable bonds is 7. The summed E-state index contributed by atoms with van der Waals surface area (Å²) in [7, 11) is 1.49. The zero-order chi connectivity index (χ0) is 21.7. The lowest BCUT2D eigenvalue weighted by Gasteiger charge is -2.25. The summed E-state index contributed by atoms with van der Waals surface area (Å²) < 4.78 is 38.1. The van der Waals surface area contributed by atoms with Gasteiger partial charge in [0, 0.05) is 25.7 Å². The summed E-state index contributed by atoms with van der Waals surface area (Å²) in [6.07, 6.45) is 2.72. The van der Waals surface area contributed by atoms with Crippen molar-refractivity contribution in [2.45, 2.75) is 25.3 Å². The minimum Gasteiger partial charge on any atom is -0.492 e. The Morgan fingerprint density at radius 3 is 2.84 bits per heavy atom. The molecule has 2 fully saturated rings. The van der Waals surface area contributed by atoms with Crippen molar-refractivity contribution in [3.63, 3.8) is 0 Å². The highest BCUT2D eigenvalue weighted by molar-refractivity contribution is 7.12. The molecule has 1 saturated carbocycles. The summed E-state index contributed by atoms with van der Waals surface area (Å²) in [5.74, 6) is 0.0701. The molecule has 0 bridgehead atoms. The Bertz CT molecular complexity index is 1260. The summed E-state index contributed by atoms with van der Waals surface area (Å²) in [5.41, 5.74) is -0.0111. The molecule has 0 spiro atoms. The Hall–Kier alpha value is -2.46. The summed E-state index contributed by atoms with van der Waals surface area (Å²) >= 11 is 1.13. The largest absolute Gasteiger partial charge is 0.492 e. The first kappa shape index (κ1) is 20.4. The van der Waals surface area contributed by atoms with Crippen LogP contribution in [0.1, 0.15) is 25.3 Å². The second-order valence-electron chi connectivity index (χ2n) is 8.27. The van der Waals surface area contributed by atoms with Crippen LogP contribution in [0.3, 0.4) is 0 Å². The number of nitrogens with one attached hydrogen (secondary N) is 2. The van der Waals surface area contributed by atoms with E-state index in [1.54, 1.807) is 0 Å². The number of aromatic amines is 1. The highest BCUT2D eigenvalue weighted by Crippen LogP contribution is 2.46. The summed E-state index contributed by atoms with van der Waals surface area (Å²) in [6.45, 7) is 1.83. The summed E-state index contributed by atoms with van der Waals surface area (Å²) in [4.78, 5) is 27.9. The molecule has 0 radical (unpaired) electrons. The number of alkyl halides is 1. The lowest BCUT2D eigenvalue weighted by Crippen LogP contribution is -2.28. The molecule has 0 unspecified atom stereocenters. The molecule has 2 aliphatic rings. The number of hydrogen-bond donors (Lipinski definition) is 2. The molecule has 2 aromatic heterocycles. The maximum Gasteiger partial charge on any atom is 0.271 e. The normalized spacial score (nSPS) is 19.1.